The van der Waals surface area contributed by atoms with E-state index in [-0.39, 0.29) is 0 Å². The van der Waals surface area contributed by atoms with Gasteiger partial charge in [-0.1, -0.05) is 31.7 Å². The molecule has 2 rings (SSSR count). The molecule has 2 heteroatoms. The Morgan fingerprint density at radius 3 is 2.53 bits per heavy atom. The van der Waals surface area contributed by atoms with Crippen LogP contribution in [0.5, 0.6) is 0 Å². The summed E-state index contributed by atoms with van der Waals surface area (Å²) in [6.07, 6.45) is 8.45. The molecule has 1 unspecified atom stereocenters. The van der Waals surface area contributed by atoms with Gasteiger partial charge in [-0.3, -0.25) is 0 Å². The molecule has 1 saturated carbocycles. The van der Waals surface area contributed by atoms with Crippen LogP contribution in [0.3, 0.4) is 0 Å². The van der Waals surface area contributed by atoms with Crippen LogP contribution in [0.15, 0.2) is 17.5 Å². The van der Waals surface area contributed by atoms with Crippen molar-refractivity contribution in [3.63, 3.8) is 0 Å². The molecule has 1 nitrogen and oxygen atoms in total. The van der Waals surface area contributed by atoms with Crippen LogP contribution in [0.25, 0.3) is 0 Å². The van der Waals surface area contributed by atoms with Crippen molar-refractivity contribution in [3.05, 3.63) is 22.4 Å². The smallest absolute Gasteiger partial charge is 0.00915 e. The highest BCUT2D eigenvalue weighted by atomic mass is 32.1. The monoisotopic (exact) mass is 223 g/mol. The summed E-state index contributed by atoms with van der Waals surface area (Å²) in [6.45, 7) is 0.825. The largest absolute Gasteiger partial charge is 0.330 e. The van der Waals surface area contributed by atoms with Gasteiger partial charge in [0.1, 0.15) is 0 Å². The fourth-order valence-corrected chi connectivity index (χ4v) is 3.69. The Kier molecular flexibility index (Phi) is 4.21. The predicted molar refractivity (Wildman–Crippen MR) is 67.3 cm³/mol. The Morgan fingerprint density at radius 1 is 1.27 bits per heavy atom. The van der Waals surface area contributed by atoms with E-state index in [2.05, 4.69) is 17.5 Å². The van der Waals surface area contributed by atoms with E-state index in [0.29, 0.717) is 5.92 Å². The molecule has 0 radical (unpaired) electrons. The van der Waals surface area contributed by atoms with Crippen molar-refractivity contribution in [1.29, 1.82) is 0 Å². The third-order valence-electron chi connectivity index (χ3n) is 3.63. The van der Waals surface area contributed by atoms with E-state index in [4.69, 9.17) is 5.73 Å². The maximum absolute atomic E-state index is 5.95. The van der Waals surface area contributed by atoms with Gasteiger partial charge in [-0.05, 0) is 30.2 Å². The van der Waals surface area contributed by atoms with Crippen LogP contribution < -0.4 is 5.73 Å². The minimum Gasteiger partial charge on any atom is -0.330 e. The van der Waals surface area contributed by atoms with Gasteiger partial charge < -0.3 is 5.73 Å². The summed E-state index contributed by atoms with van der Waals surface area (Å²) in [4.78, 5) is 1.50. The average Bonchev–Trinajstić information content (AvgIpc) is 2.63. The lowest BCUT2D eigenvalue weighted by Crippen LogP contribution is -2.20. The van der Waals surface area contributed by atoms with Crippen molar-refractivity contribution in [3.8, 4) is 0 Å². The number of thiophene rings is 1. The quantitative estimate of drug-likeness (QED) is 0.776. The maximum Gasteiger partial charge on any atom is 0.00915 e. The van der Waals surface area contributed by atoms with Crippen LogP contribution in [0.1, 0.15) is 49.3 Å². The van der Waals surface area contributed by atoms with Crippen molar-refractivity contribution < 1.29 is 0 Å². The average molecular weight is 223 g/mol. The Bertz CT molecular complexity index is 260. The topological polar surface area (TPSA) is 26.0 Å². The third kappa shape index (κ3) is 2.82. The van der Waals surface area contributed by atoms with E-state index in [0.717, 1.165) is 12.5 Å². The molecule has 1 aliphatic carbocycles. The summed E-state index contributed by atoms with van der Waals surface area (Å²) < 4.78 is 0. The van der Waals surface area contributed by atoms with E-state index in [1.807, 2.05) is 11.3 Å². The van der Waals surface area contributed by atoms with Gasteiger partial charge in [-0.15, -0.1) is 11.3 Å². The van der Waals surface area contributed by atoms with E-state index in [1.165, 1.54) is 43.4 Å². The molecule has 1 atom stereocenters. The van der Waals surface area contributed by atoms with Crippen LogP contribution in [0, 0.1) is 5.92 Å². The van der Waals surface area contributed by atoms with Crippen molar-refractivity contribution in [2.75, 3.05) is 6.54 Å². The minimum absolute atomic E-state index is 0.628. The summed E-state index contributed by atoms with van der Waals surface area (Å²) in [5, 5.41) is 2.18. The van der Waals surface area contributed by atoms with Crippen LogP contribution in [-0.4, -0.2) is 6.54 Å². The van der Waals surface area contributed by atoms with Crippen LogP contribution in [0.2, 0.25) is 0 Å². The van der Waals surface area contributed by atoms with Gasteiger partial charge in [0.15, 0.2) is 0 Å². The normalized spacial score (nSPS) is 21.1. The van der Waals surface area contributed by atoms with Crippen molar-refractivity contribution >= 4 is 11.3 Å². The van der Waals surface area contributed by atoms with E-state index in [1.54, 1.807) is 0 Å². The van der Waals surface area contributed by atoms with Gasteiger partial charge in [0.2, 0.25) is 0 Å². The first-order valence-corrected chi connectivity index (χ1v) is 7.03. The molecule has 0 aliphatic heterocycles. The molecular formula is C13H21NS. The fourth-order valence-electron chi connectivity index (χ4n) is 2.76. The summed E-state index contributed by atoms with van der Waals surface area (Å²) in [6, 6.07) is 4.41. The fraction of sp³-hybridized carbons (Fsp3) is 0.692. The highest BCUT2D eigenvalue weighted by molar-refractivity contribution is 7.10. The Morgan fingerprint density at radius 2 is 2.00 bits per heavy atom. The second-order valence-corrected chi connectivity index (χ2v) is 5.59. The van der Waals surface area contributed by atoms with Crippen LogP contribution in [-0.2, 0) is 0 Å². The SMILES string of the molecule is NCC(c1cccs1)C1CCCCCC1. The van der Waals surface area contributed by atoms with Crippen LogP contribution >= 0.6 is 11.3 Å². The maximum atomic E-state index is 5.95. The molecule has 15 heavy (non-hydrogen) atoms. The highest BCUT2D eigenvalue weighted by Crippen LogP contribution is 2.36. The van der Waals surface area contributed by atoms with Crippen LogP contribution in [0.4, 0.5) is 0 Å². The molecular weight excluding hydrogens is 202 g/mol. The molecule has 0 amide bonds. The van der Waals surface area contributed by atoms with Crippen molar-refractivity contribution in [2.45, 2.75) is 44.4 Å². The molecule has 2 N–H and O–H groups in total. The summed E-state index contributed by atoms with van der Waals surface area (Å²) in [7, 11) is 0. The van der Waals surface area contributed by atoms with Gasteiger partial charge in [-0.25, -0.2) is 0 Å². The highest BCUT2D eigenvalue weighted by Gasteiger charge is 2.23. The molecule has 0 aromatic carbocycles. The van der Waals surface area contributed by atoms with E-state index in [9.17, 15) is 0 Å². The molecule has 1 aromatic heterocycles. The third-order valence-corrected chi connectivity index (χ3v) is 4.64. The molecule has 0 saturated heterocycles. The number of hydrogen-bond acceptors (Lipinski definition) is 2. The summed E-state index contributed by atoms with van der Waals surface area (Å²) >= 11 is 1.88. The molecule has 0 bridgehead atoms. The Balaban J connectivity index is 2.04. The van der Waals surface area contributed by atoms with E-state index < -0.39 is 0 Å². The lowest BCUT2D eigenvalue weighted by atomic mass is 9.85. The lowest BCUT2D eigenvalue weighted by molar-refractivity contribution is 0.384. The lowest BCUT2D eigenvalue weighted by Gasteiger charge is -2.23. The van der Waals surface area contributed by atoms with Crippen molar-refractivity contribution in [1.82, 2.24) is 0 Å². The molecule has 1 fully saturated rings. The first kappa shape index (κ1) is 11.2. The number of rotatable bonds is 3. The van der Waals surface area contributed by atoms with Gasteiger partial charge in [0.05, 0.1) is 0 Å². The number of hydrogen-bond donors (Lipinski definition) is 1. The van der Waals surface area contributed by atoms with Gasteiger partial charge in [-0.2, -0.15) is 0 Å². The molecule has 0 spiro atoms. The minimum atomic E-state index is 0.628. The zero-order valence-electron chi connectivity index (χ0n) is 9.32. The molecule has 1 heterocycles. The second-order valence-electron chi connectivity index (χ2n) is 4.61. The number of nitrogens with two attached hydrogens (primary N) is 1. The first-order valence-electron chi connectivity index (χ1n) is 6.15. The molecule has 1 aliphatic rings. The Labute approximate surface area is 96.7 Å². The molecule has 84 valence electrons. The van der Waals surface area contributed by atoms with Gasteiger partial charge >= 0.3 is 0 Å². The predicted octanol–water partition coefficient (Wildman–Crippen LogP) is 3.76. The van der Waals surface area contributed by atoms with Gasteiger partial charge in [0, 0.05) is 17.3 Å². The summed E-state index contributed by atoms with van der Waals surface area (Å²) in [5.74, 6) is 1.47. The second kappa shape index (κ2) is 5.66. The van der Waals surface area contributed by atoms with Gasteiger partial charge in [0.25, 0.3) is 0 Å². The standard InChI is InChI=1S/C13H21NS/c14-10-12(13-8-5-9-15-13)11-6-3-1-2-4-7-11/h5,8-9,11-12H,1-4,6-7,10,14H2. The van der Waals surface area contributed by atoms with Crippen molar-refractivity contribution in [2.24, 2.45) is 11.7 Å². The zero-order chi connectivity index (χ0) is 10.5. The Hall–Kier alpha value is -0.340. The first-order chi connectivity index (χ1) is 7.42. The van der Waals surface area contributed by atoms with E-state index >= 15 is 0 Å². The summed E-state index contributed by atoms with van der Waals surface area (Å²) in [5.41, 5.74) is 5.95. The zero-order valence-corrected chi connectivity index (χ0v) is 10.1. The molecule has 1 aromatic rings.